The number of esters is 1. The van der Waals surface area contributed by atoms with Crippen molar-refractivity contribution in [1.29, 1.82) is 0 Å². The minimum atomic E-state index is -0.412. The van der Waals surface area contributed by atoms with Crippen molar-refractivity contribution in [3.05, 3.63) is 0 Å². The minimum absolute atomic E-state index is 0.00498. The van der Waals surface area contributed by atoms with Crippen LogP contribution < -0.4 is 0 Å². The number of Topliss-reactive ketones (excluding diaryl/α,β-unsaturated/α-hetero) is 1. The summed E-state index contributed by atoms with van der Waals surface area (Å²) in [4.78, 5) is 23.1. The largest absolute Gasteiger partial charge is 0.462 e. The molecule has 2 aliphatic heterocycles. The van der Waals surface area contributed by atoms with Crippen LogP contribution in [0.1, 0.15) is 168 Å². The van der Waals surface area contributed by atoms with Gasteiger partial charge in [0.1, 0.15) is 11.9 Å². The van der Waals surface area contributed by atoms with Gasteiger partial charge in [-0.25, -0.2) is 0 Å². The summed E-state index contributed by atoms with van der Waals surface area (Å²) in [5.41, 5.74) is 0. The van der Waals surface area contributed by atoms with Crippen molar-refractivity contribution in [2.45, 2.75) is 198 Å². The molecule has 0 saturated carbocycles. The van der Waals surface area contributed by atoms with Crippen molar-refractivity contribution in [1.82, 2.24) is 0 Å². The first kappa shape index (κ1) is 35.2. The highest BCUT2D eigenvalue weighted by molar-refractivity contribution is 5.83. The van der Waals surface area contributed by atoms with E-state index in [1.807, 2.05) is 0 Å². The van der Waals surface area contributed by atoms with E-state index in [-0.39, 0.29) is 36.0 Å². The monoisotopic (exact) mass is 566 g/mol. The summed E-state index contributed by atoms with van der Waals surface area (Å²) >= 11 is 0. The Morgan fingerprint density at radius 1 is 0.750 bits per heavy atom. The molecular formula is C34H62O6. The van der Waals surface area contributed by atoms with Gasteiger partial charge in [-0.15, -0.1) is 0 Å². The van der Waals surface area contributed by atoms with Gasteiger partial charge in [-0.3, -0.25) is 4.79 Å². The number of carbonyl (C=O) groups excluding carboxylic acids is 2. The molecule has 2 N–H and O–H groups in total. The molecule has 0 unspecified atom stereocenters. The highest BCUT2D eigenvalue weighted by Gasteiger charge is 2.35. The number of aliphatic hydroxyl groups is 2. The van der Waals surface area contributed by atoms with E-state index in [2.05, 4.69) is 6.92 Å². The lowest BCUT2D eigenvalue weighted by Crippen LogP contribution is -2.31. The first-order valence-corrected chi connectivity index (χ1v) is 17.1. The van der Waals surface area contributed by atoms with Crippen LogP contribution in [0.3, 0.4) is 0 Å². The molecule has 6 nitrogen and oxygen atoms in total. The van der Waals surface area contributed by atoms with E-state index in [0.29, 0.717) is 12.8 Å². The fraction of sp³-hybridized carbons (Fsp3) is 0.941. The lowest BCUT2D eigenvalue weighted by Gasteiger charge is -2.22. The maximum atomic E-state index is 11.8. The third-order valence-electron chi connectivity index (χ3n) is 9.02. The molecule has 0 aromatic heterocycles. The molecule has 2 fully saturated rings. The van der Waals surface area contributed by atoms with Crippen LogP contribution in [0.5, 0.6) is 0 Å². The Labute approximate surface area is 245 Å². The lowest BCUT2D eigenvalue weighted by molar-refractivity contribution is -0.145. The number of ketones is 1. The van der Waals surface area contributed by atoms with Gasteiger partial charge in [0, 0.05) is 6.42 Å². The molecule has 0 amide bonds. The molecule has 0 radical (unpaired) electrons. The number of cyclic esters (lactones) is 1. The van der Waals surface area contributed by atoms with Crippen molar-refractivity contribution in [2.75, 3.05) is 0 Å². The van der Waals surface area contributed by atoms with Crippen molar-refractivity contribution in [3.63, 3.8) is 0 Å². The molecule has 0 spiro atoms. The Kier molecular flexibility index (Phi) is 19.1. The molecule has 6 heteroatoms. The van der Waals surface area contributed by atoms with Gasteiger partial charge in [0.2, 0.25) is 0 Å². The van der Waals surface area contributed by atoms with E-state index < -0.39 is 12.2 Å². The molecule has 2 heterocycles. The number of hydrogen-bond donors (Lipinski definition) is 2. The maximum absolute atomic E-state index is 11.8. The normalized spacial score (nSPS) is 24.4. The molecule has 2 rings (SSSR count). The van der Waals surface area contributed by atoms with E-state index in [4.69, 9.17) is 9.47 Å². The van der Waals surface area contributed by atoms with Gasteiger partial charge >= 0.3 is 5.97 Å². The van der Waals surface area contributed by atoms with E-state index in [9.17, 15) is 19.8 Å². The Hall–Kier alpha value is -0.980. The second-order valence-corrected chi connectivity index (χ2v) is 12.8. The summed E-state index contributed by atoms with van der Waals surface area (Å²) in [6.45, 7) is 3.79. The Bertz CT molecular complexity index is 667. The zero-order valence-corrected chi connectivity index (χ0v) is 26.0. The van der Waals surface area contributed by atoms with E-state index in [1.165, 1.54) is 84.0 Å². The molecule has 40 heavy (non-hydrogen) atoms. The summed E-state index contributed by atoms with van der Waals surface area (Å²) in [5.74, 6) is -0.345. The standard InChI is InChI=1S/C34H62O6/c1-3-4-5-6-7-8-12-15-18-21-30(36)32-23-24-33(40-32)31(37)22-19-16-13-10-9-11-14-17-20-29-26-28(25-27(2)35)34(38)39-29/h28-33,36-37H,3-26H2,1-2H3/t28-,29-,30+,31+,32+,33+/m0/s1. The molecule has 2 saturated heterocycles. The van der Waals surface area contributed by atoms with Crippen LogP contribution in [-0.2, 0) is 19.1 Å². The molecule has 0 bridgehead atoms. The van der Waals surface area contributed by atoms with E-state index in [1.54, 1.807) is 0 Å². The number of rotatable bonds is 25. The Morgan fingerprint density at radius 3 is 1.68 bits per heavy atom. The number of carbonyl (C=O) groups is 2. The summed E-state index contributed by atoms with van der Waals surface area (Å²) in [5, 5.41) is 21.2. The number of aliphatic hydroxyl groups excluding tert-OH is 2. The van der Waals surface area contributed by atoms with Gasteiger partial charge < -0.3 is 24.5 Å². The molecule has 0 aromatic carbocycles. The second kappa shape index (κ2) is 21.7. The Morgan fingerprint density at radius 2 is 1.20 bits per heavy atom. The SMILES string of the molecule is CCCCCCCCCCC[C@@H](O)[C@H]1CC[C@H]([C@H](O)CCCCCCCCCC[C@H]2C[C@H](CC(C)=O)C(=O)O2)O1. The van der Waals surface area contributed by atoms with Gasteiger partial charge in [-0.1, -0.05) is 110 Å². The molecule has 2 aliphatic rings. The smallest absolute Gasteiger partial charge is 0.309 e. The van der Waals surface area contributed by atoms with Crippen LogP contribution in [0.25, 0.3) is 0 Å². The predicted octanol–water partition coefficient (Wildman–Crippen LogP) is 7.99. The quantitative estimate of drug-likeness (QED) is 0.0859. The molecular weight excluding hydrogens is 504 g/mol. The first-order chi connectivity index (χ1) is 19.4. The molecule has 234 valence electrons. The van der Waals surface area contributed by atoms with Gasteiger partial charge in [0.05, 0.1) is 30.3 Å². The van der Waals surface area contributed by atoms with Crippen LogP contribution in [0.15, 0.2) is 0 Å². The topological polar surface area (TPSA) is 93.1 Å². The van der Waals surface area contributed by atoms with Crippen molar-refractivity contribution in [3.8, 4) is 0 Å². The van der Waals surface area contributed by atoms with Gasteiger partial charge in [-0.05, 0) is 51.9 Å². The van der Waals surface area contributed by atoms with Crippen LogP contribution in [0.4, 0.5) is 0 Å². The fourth-order valence-electron chi connectivity index (χ4n) is 6.49. The number of unbranched alkanes of at least 4 members (excludes halogenated alkanes) is 15. The number of ether oxygens (including phenoxy) is 2. The third-order valence-corrected chi connectivity index (χ3v) is 9.02. The lowest BCUT2D eigenvalue weighted by atomic mass is 9.96. The van der Waals surface area contributed by atoms with Gasteiger partial charge in [0.25, 0.3) is 0 Å². The molecule has 6 atom stereocenters. The van der Waals surface area contributed by atoms with E-state index in [0.717, 1.165) is 64.2 Å². The average Bonchev–Trinajstić information content (AvgIpc) is 3.55. The minimum Gasteiger partial charge on any atom is -0.462 e. The van der Waals surface area contributed by atoms with Crippen LogP contribution in [0, 0.1) is 5.92 Å². The Balaban J connectivity index is 1.38. The van der Waals surface area contributed by atoms with E-state index >= 15 is 0 Å². The average molecular weight is 567 g/mol. The zero-order chi connectivity index (χ0) is 29.0. The highest BCUT2D eigenvalue weighted by atomic mass is 16.6. The second-order valence-electron chi connectivity index (χ2n) is 12.8. The first-order valence-electron chi connectivity index (χ1n) is 17.1. The van der Waals surface area contributed by atoms with Gasteiger partial charge in [-0.2, -0.15) is 0 Å². The van der Waals surface area contributed by atoms with Crippen LogP contribution >= 0.6 is 0 Å². The molecule has 0 aliphatic carbocycles. The van der Waals surface area contributed by atoms with Crippen molar-refractivity contribution >= 4 is 11.8 Å². The van der Waals surface area contributed by atoms with Crippen molar-refractivity contribution < 1.29 is 29.3 Å². The molecule has 0 aromatic rings. The zero-order valence-electron chi connectivity index (χ0n) is 26.0. The predicted molar refractivity (Wildman–Crippen MR) is 161 cm³/mol. The summed E-state index contributed by atoms with van der Waals surface area (Å²) < 4.78 is 11.5. The van der Waals surface area contributed by atoms with Crippen LogP contribution in [0.2, 0.25) is 0 Å². The number of hydrogen-bond acceptors (Lipinski definition) is 6. The maximum Gasteiger partial charge on any atom is 0.309 e. The third kappa shape index (κ3) is 15.3. The van der Waals surface area contributed by atoms with Crippen LogP contribution in [-0.4, -0.2) is 52.5 Å². The fourth-order valence-corrected chi connectivity index (χ4v) is 6.49. The summed E-state index contributed by atoms with van der Waals surface area (Å²) in [6.07, 6.45) is 25.1. The van der Waals surface area contributed by atoms with Gasteiger partial charge in [0.15, 0.2) is 0 Å². The highest BCUT2D eigenvalue weighted by Crippen LogP contribution is 2.29. The van der Waals surface area contributed by atoms with Crippen molar-refractivity contribution in [2.24, 2.45) is 5.92 Å². The summed E-state index contributed by atoms with van der Waals surface area (Å²) in [6, 6.07) is 0. The summed E-state index contributed by atoms with van der Waals surface area (Å²) in [7, 11) is 0.